The fourth-order valence-corrected chi connectivity index (χ4v) is 4.25. The second-order valence-corrected chi connectivity index (χ2v) is 7.87. The lowest BCUT2D eigenvalue weighted by Crippen LogP contribution is -2.38. The number of hydrogen-bond acceptors (Lipinski definition) is 4. The molecular weight excluding hydrogens is 469 g/mol. The van der Waals surface area contributed by atoms with Gasteiger partial charge in [0.1, 0.15) is 6.26 Å². The van der Waals surface area contributed by atoms with Crippen molar-refractivity contribution in [2.75, 3.05) is 24.6 Å². The molecule has 0 N–H and O–H groups in total. The summed E-state index contributed by atoms with van der Waals surface area (Å²) in [5, 5.41) is 0. The Morgan fingerprint density at radius 1 is 1.29 bits per heavy atom. The van der Waals surface area contributed by atoms with E-state index in [4.69, 9.17) is 4.42 Å². The summed E-state index contributed by atoms with van der Waals surface area (Å²) < 4.78 is 6.16. The molecule has 3 rings (SSSR count). The largest absolute Gasteiger partial charge is 0.448 e. The Bertz CT molecular complexity index is 800. The molecule has 1 fully saturated rings. The van der Waals surface area contributed by atoms with Gasteiger partial charge in [-0.25, -0.2) is 4.98 Å². The highest BCUT2D eigenvalue weighted by Gasteiger charge is 2.29. The van der Waals surface area contributed by atoms with Crippen LogP contribution < -0.4 is 0 Å². The predicted molar refractivity (Wildman–Crippen MR) is 116 cm³/mol. The Morgan fingerprint density at radius 3 is 2.57 bits per heavy atom. The first kappa shape index (κ1) is 20.8. The van der Waals surface area contributed by atoms with Gasteiger partial charge < -0.3 is 14.2 Å². The van der Waals surface area contributed by atoms with Gasteiger partial charge in [0, 0.05) is 26.1 Å². The van der Waals surface area contributed by atoms with Gasteiger partial charge in [-0.2, -0.15) is 0 Å². The number of alkyl halides is 1. The molecule has 2 aromatic rings. The second-order valence-electron chi connectivity index (χ2n) is 7.11. The molecule has 1 saturated heterocycles. The molecule has 0 saturated carbocycles. The van der Waals surface area contributed by atoms with Crippen LogP contribution in [0.1, 0.15) is 60.1 Å². The molecule has 0 bridgehead atoms. The lowest BCUT2D eigenvalue weighted by molar-refractivity contribution is -0.129. The van der Waals surface area contributed by atoms with E-state index in [0.29, 0.717) is 29.1 Å². The van der Waals surface area contributed by atoms with Crippen LogP contribution in [0.3, 0.4) is 0 Å². The monoisotopic (exact) mass is 495 g/mol. The van der Waals surface area contributed by atoms with Crippen molar-refractivity contribution in [3.63, 3.8) is 0 Å². The lowest BCUT2D eigenvalue weighted by atomic mass is 9.97. The molecule has 6 nitrogen and oxygen atoms in total. The van der Waals surface area contributed by atoms with Gasteiger partial charge in [0.05, 0.1) is 10.5 Å². The molecule has 7 heteroatoms. The third-order valence-corrected chi connectivity index (χ3v) is 6.06. The zero-order valence-corrected chi connectivity index (χ0v) is 18.5. The van der Waals surface area contributed by atoms with Crippen molar-refractivity contribution in [1.29, 1.82) is 0 Å². The van der Waals surface area contributed by atoms with Crippen molar-refractivity contribution in [3.05, 3.63) is 53.7 Å². The lowest BCUT2D eigenvalue weighted by Gasteiger charge is -2.30. The highest BCUT2D eigenvalue weighted by Crippen LogP contribution is 2.29. The quantitative estimate of drug-likeness (QED) is 0.448. The molecule has 0 spiro atoms. The first-order chi connectivity index (χ1) is 13.5. The molecule has 1 aromatic carbocycles. The van der Waals surface area contributed by atoms with E-state index in [1.54, 1.807) is 4.90 Å². The predicted octanol–water partition coefficient (Wildman–Crippen LogP) is 4.04. The minimum absolute atomic E-state index is 0.00335. The van der Waals surface area contributed by atoms with E-state index >= 15 is 0 Å². The van der Waals surface area contributed by atoms with E-state index in [1.165, 1.54) is 6.26 Å². The van der Waals surface area contributed by atoms with E-state index in [0.717, 1.165) is 24.8 Å². The summed E-state index contributed by atoms with van der Waals surface area (Å²) >= 11 is 2.10. The van der Waals surface area contributed by atoms with E-state index in [2.05, 4.69) is 34.5 Å². The van der Waals surface area contributed by atoms with Crippen LogP contribution in [0.2, 0.25) is 0 Å². The number of oxazole rings is 1. The number of halogens is 1. The molecule has 1 aliphatic rings. The van der Waals surface area contributed by atoms with Crippen molar-refractivity contribution in [2.24, 2.45) is 0 Å². The van der Waals surface area contributed by atoms with E-state index in [9.17, 15) is 9.59 Å². The van der Waals surface area contributed by atoms with Crippen LogP contribution in [0.4, 0.5) is 0 Å². The van der Waals surface area contributed by atoms with Gasteiger partial charge in [0.2, 0.25) is 5.91 Å². The highest BCUT2D eigenvalue weighted by molar-refractivity contribution is 14.1. The molecule has 1 aromatic heterocycles. The molecule has 0 aliphatic carbocycles. The van der Waals surface area contributed by atoms with Crippen LogP contribution in [-0.2, 0) is 4.79 Å². The highest BCUT2D eigenvalue weighted by atomic mass is 127. The summed E-state index contributed by atoms with van der Waals surface area (Å²) in [4.78, 5) is 32.9. The number of piperidine rings is 1. The maximum atomic E-state index is 12.9. The number of likely N-dealkylation sites (tertiary alicyclic amines) is 1. The summed E-state index contributed by atoms with van der Waals surface area (Å²) in [5.41, 5.74) is 1.45. The Hall–Kier alpha value is -1.90. The zero-order valence-electron chi connectivity index (χ0n) is 16.3. The van der Waals surface area contributed by atoms with Crippen molar-refractivity contribution in [3.8, 4) is 0 Å². The summed E-state index contributed by atoms with van der Waals surface area (Å²) in [6.45, 7) is 3.49. The SMILES string of the molecule is CCC(c1ccccc1)N(C)C(=O)c1coc(C2CCN(C(=O)CI)CC2)n1. The van der Waals surface area contributed by atoms with E-state index in [1.807, 2.05) is 42.3 Å². The Balaban J connectivity index is 1.66. The first-order valence-corrected chi connectivity index (χ1v) is 11.2. The number of hydrogen-bond donors (Lipinski definition) is 0. The zero-order chi connectivity index (χ0) is 20.1. The molecule has 1 atom stereocenters. The van der Waals surface area contributed by atoms with Gasteiger partial charge in [-0.15, -0.1) is 0 Å². The van der Waals surface area contributed by atoms with Crippen LogP contribution in [0.15, 0.2) is 41.0 Å². The molecule has 2 heterocycles. The maximum absolute atomic E-state index is 12.9. The van der Waals surface area contributed by atoms with Crippen LogP contribution >= 0.6 is 22.6 Å². The number of amides is 2. The average molecular weight is 495 g/mol. The fraction of sp³-hybridized carbons (Fsp3) is 0.476. The van der Waals surface area contributed by atoms with Gasteiger partial charge in [-0.05, 0) is 24.8 Å². The summed E-state index contributed by atoms with van der Waals surface area (Å²) in [6.07, 6.45) is 3.91. The van der Waals surface area contributed by atoms with Crippen LogP contribution in [0, 0.1) is 0 Å². The molecule has 2 amide bonds. The maximum Gasteiger partial charge on any atom is 0.276 e. The molecule has 0 radical (unpaired) electrons. The summed E-state index contributed by atoms with van der Waals surface area (Å²) in [6, 6.07) is 10.0. The van der Waals surface area contributed by atoms with Gasteiger partial charge in [0.25, 0.3) is 5.91 Å². The average Bonchev–Trinajstić information content (AvgIpc) is 3.24. The van der Waals surface area contributed by atoms with Crippen molar-refractivity contribution in [2.45, 2.75) is 38.1 Å². The van der Waals surface area contributed by atoms with Crippen molar-refractivity contribution in [1.82, 2.24) is 14.8 Å². The number of rotatable bonds is 6. The molecule has 150 valence electrons. The first-order valence-electron chi connectivity index (χ1n) is 9.66. The number of benzene rings is 1. The topological polar surface area (TPSA) is 66.7 Å². The van der Waals surface area contributed by atoms with Gasteiger partial charge in [-0.1, -0.05) is 59.8 Å². The minimum Gasteiger partial charge on any atom is -0.448 e. The Morgan fingerprint density at radius 2 is 1.96 bits per heavy atom. The summed E-state index contributed by atoms with van der Waals surface area (Å²) in [5.74, 6) is 0.797. The van der Waals surface area contributed by atoms with E-state index < -0.39 is 0 Å². The number of aromatic nitrogens is 1. The van der Waals surface area contributed by atoms with Gasteiger partial charge in [-0.3, -0.25) is 9.59 Å². The third-order valence-electron chi connectivity index (χ3n) is 5.41. The van der Waals surface area contributed by atoms with Crippen LogP contribution in [0.5, 0.6) is 0 Å². The fourth-order valence-electron chi connectivity index (χ4n) is 3.76. The number of nitrogens with zero attached hydrogens (tertiary/aromatic N) is 3. The number of carbonyl (C=O) groups is 2. The van der Waals surface area contributed by atoms with Crippen molar-refractivity contribution < 1.29 is 14.0 Å². The number of carbonyl (C=O) groups excluding carboxylic acids is 2. The summed E-state index contributed by atoms with van der Waals surface area (Å²) in [7, 11) is 1.81. The van der Waals surface area contributed by atoms with Crippen LogP contribution in [0.25, 0.3) is 0 Å². The molecule has 1 unspecified atom stereocenters. The van der Waals surface area contributed by atoms with E-state index in [-0.39, 0.29) is 23.8 Å². The van der Waals surface area contributed by atoms with Crippen molar-refractivity contribution >= 4 is 34.4 Å². The van der Waals surface area contributed by atoms with Crippen LogP contribution in [-0.4, -0.2) is 51.2 Å². The Kier molecular flexibility index (Phi) is 7.09. The van der Waals surface area contributed by atoms with Gasteiger partial charge in [0.15, 0.2) is 11.6 Å². The minimum atomic E-state index is -0.136. The molecule has 1 aliphatic heterocycles. The third kappa shape index (κ3) is 4.56. The molecular formula is C21H26IN3O3. The standard InChI is InChI=1S/C21H26IN3O3/c1-3-18(15-7-5-4-6-8-15)24(2)21(27)17-14-28-20(23-17)16-9-11-25(12-10-16)19(26)13-22/h4-8,14,16,18H,3,9-13H2,1-2H3. The smallest absolute Gasteiger partial charge is 0.276 e. The Labute approximate surface area is 179 Å². The van der Waals surface area contributed by atoms with Gasteiger partial charge >= 0.3 is 0 Å². The molecule has 28 heavy (non-hydrogen) atoms. The normalized spacial score (nSPS) is 16.0. The second kappa shape index (κ2) is 9.54.